The van der Waals surface area contributed by atoms with Crippen LogP contribution >= 0.6 is 7.82 Å². The zero-order valence-electron chi connectivity index (χ0n) is 18.4. The van der Waals surface area contributed by atoms with Gasteiger partial charge in [-0.05, 0) is 30.2 Å². The van der Waals surface area contributed by atoms with Gasteiger partial charge in [-0.25, -0.2) is 18.6 Å². The van der Waals surface area contributed by atoms with Crippen molar-refractivity contribution < 1.29 is 32.7 Å². The van der Waals surface area contributed by atoms with Crippen molar-refractivity contribution in [2.75, 3.05) is 5.73 Å². The molecule has 11 heteroatoms. The van der Waals surface area contributed by atoms with Crippen LogP contribution in [-0.2, 0) is 28.8 Å². The van der Waals surface area contributed by atoms with Gasteiger partial charge in [0, 0.05) is 24.8 Å². The fourth-order valence-electron chi connectivity index (χ4n) is 3.31. The van der Waals surface area contributed by atoms with Gasteiger partial charge < -0.3 is 19.0 Å². The summed E-state index contributed by atoms with van der Waals surface area (Å²) in [6, 6.07) is 17.0. The first-order valence-corrected chi connectivity index (χ1v) is 11.9. The van der Waals surface area contributed by atoms with E-state index < -0.39 is 14.6 Å². The molecule has 0 aliphatic heterocycles. The van der Waals surface area contributed by atoms with E-state index in [9.17, 15) is 4.57 Å². The van der Waals surface area contributed by atoms with E-state index in [-0.39, 0.29) is 5.82 Å². The second-order valence-electron chi connectivity index (χ2n) is 7.67. The minimum atomic E-state index is -4.63. The molecule has 3 aromatic heterocycles. The maximum Gasteiger partial charge on any atom is 0.472 e. The fraction of sp³-hybridized carbons (Fsp3) is 0.174. The average molecular weight is 483 g/mol. The lowest BCUT2D eigenvalue weighted by molar-refractivity contribution is -0.711. The molecule has 0 amide bonds. The van der Waals surface area contributed by atoms with Gasteiger partial charge in [-0.15, -0.1) is 0 Å². The molecule has 0 atom stereocenters. The van der Waals surface area contributed by atoms with E-state index in [1.165, 1.54) is 10.1 Å². The summed E-state index contributed by atoms with van der Waals surface area (Å²) < 4.78 is 28.0. The van der Waals surface area contributed by atoms with Gasteiger partial charge >= 0.3 is 7.82 Å². The van der Waals surface area contributed by atoms with Gasteiger partial charge in [-0.1, -0.05) is 41.1 Å². The quantitative estimate of drug-likeness (QED) is 0.241. The van der Waals surface area contributed by atoms with Crippen LogP contribution in [0.4, 0.5) is 5.82 Å². The van der Waals surface area contributed by atoms with E-state index in [1.807, 2.05) is 37.3 Å². The SMILES string of the molecule is Cc1cccc(COc2ccc(Cc3cc(-c4ccc[n+](COP(=O)(O)O)c4N)on3)cn2)c1. The molecule has 4 N–H and O–H groups in total. The van der Waals surface area contributed by atoms with Gasteiger partial charge in [0.25, 0.3) is 5.82 Å². The lowest BCUT2D eigenvalue weighted by atomic mass is 10.1. The molecule has 0 unspecified atom stereocenters. The number of nitrogen functional groups attached to an aromatic ring is 1. The van der Waals surface area contributed by atoms with Crippen molar-refractivity contribution >= 4 is 13.6 Å². The standard InChI is InChI=1S/C23H23N4O6P/c1-16-4-2-5-18(10-16)14-31-22-8-7-17(13-25-22)11-19-12-21(33-26-19)20-6-3-9-27(23(20)24)15-32-34(28,29)30/h2-10,12-13,24H,11,14-15H2,1H3,(H2,28,29,30)/p+1. The number of phosphoric acid groups is 1. The van der Waals surface area contributed by atoms with Crippen LogP contribution < -0.4 is 15.0 Å². The number of hydrogen-bond donors (Lipinski definition) is 3. The van der Waals surface area contributed by atoms with Crippen molar-refractivity contribution in [1.82, 2.24) is 10.1 Å². The Morgan fingerprint density at radius 2 is 1.97 bits per heavy atom. The maximum absolute atomic E-state index is 11.0. The molecule has 4 aromatic rings. The number of phosphoric ester groups is 1. The van der Waals surface area contributed by atoms with Gasteiger partial charge in [-0.3, -0.25) is 5.73 Å². The molecule has 0 fully saturated rings. The van der Waals surface area contributed by atoms with Gasteiger partial charge in [-0.2, -0.15) is 0 Å². The normalized spacial score (nSPS) is 11.5. The topological polar surface area (TPSA) is 145 Å². The Morgan fingerprint density at radius 1 is 1.12 bits per heavy atom. The smallest absolute Gasteiger partial charge is 0.472 e. The largest absolute Gasteiger partial charge is 0.473 e. The Morgan fingerprint density at radius 3 is 2.71 bits per heavy atom. The highest BCUT2D eigenvalue weighted by Crippen LogP contribution is 2.35. The molecule has 176 valence electrons. The Bertz CT molecular complexity index is 1320. The van der Waals surface area contributed by atoms with Gasteiger partial charge in [0.1, 0.15) is 12.2 Å². The van der Waals surface area contributed by atoms with E-state index in [4.69, 9.17) is 24.8 Å². The van der Waals surface area contributed by atoms with Crippen molar-refractivity contribution in [3.05, 3.63) is 89.4 Å². The minimum Gasteiger partial charge on any atom is -0.473 e. The van der Waals surface area contributed by atoms with Crippen LogP contribution in [0.1, 0.15) is 22.4 Å². The predicted molar refractivity (Wildman–Crippen MR) is 122 cm³/mol. The first-order valence-electron chi connectivity index (χ1n) is 10.3. The minimum absolute atomic E-state index is 0.218. The highest BCUT2D eigenvalue weighted by atomic mass is 31.2. The molecule has 1 aromatic carbocycles. The van der Waals surface area contributed by atoms with Gasteiger partial charge in [0.05, 0.1) is 11.9 Å². The third-order valence-corrected chi connectivity index (χ3v) is 5.41. The number of benzene rings is 1. The molecule has 0 saturated heterocycles. The summed E-state index contributed by atoms with van der Waals surface area (Å²) in [7, 11) is -4.63. The summed E-state index contributed by atoms with van der Waals surface area (Å²) in [5.41, 5.74) is 10.5. The Balaban J connectivity index is 1.40. The second-order valence-corrected chi connectivity index (χ2v) is 8.91. The zero-order valence-corrected chi connectivity index (χ0v) is 19.3. The number of ether oxygens (including phenoxy) is 1. The van der Waals surface area contributed by atoms with Crippen molar-refractivity contribution in [2.24, 2.45) is 0 Å². The van der Waals surface area contributed by atoms with Crippen LogP contribution in [0, 0.1) is 6.92 Å². The average Bonchev–Trinajstić information content (AvgIpc) is 3.25. The van der Waals surface area contributed by atoms with Crippen LogP contribution in [0.15, 0.2) is 71.5 Å². The number of hydrogen-bond acceptors (Lipinski definition) is 7. The van der Waals surface area contributed by atoms with Crippen LogP contribution in [0.25, 0.3) is 11.3 Å². The van der Waals surface area contributed by atoms with Gasteiger partial charge in [0.15, 0.2) is 5.76 Å². The summed E-state index contributed by atoms with van der Waals surface area (Å²) >= 11 is 0. The zero-order chi connectivity index (χ0) is 24.1. The number of pyridine rings is 2. The highest BCUT2D eigenvalue weighted by Gasteiger charge is 2.20. The molecule has 0 aliphatic carbocycles. The Kier molecular flexibility index (Phi) is 7.04. The molecular formula is C23H24N4O6P+. The Labute approximate surface area is 195 Å². The first kappa shape index (κ1) is 23.6. The summed E-state index contributed by atoms with van der Waals surface area (Å²) in [5.74, 6) is 1.17. The summed E-state index contributed by atoms with van der Waals surface area (Å²) in [6.45, 7) is 2.07. The summed E-state index contributed by atoms with van der Waals surface area (Å²) in [6.07, 6.45) is 3.76. The molecule has 0 saturated carbocycles. The van der Waals surface area contributed by atoms with Crippen molar-refractivity contribution in [3.63, 3.8) is 0 Å². The van der Waals surface area contributed by atoms with Crippen LogP contribution in [0.3, 0.4) is 0 Å². The van der Waals surface area contributed by atoms with E-state index in [0.29, 0.717) is 35.9 Å². The number of aryl methyl sites for hydroxylation is 1. The maximum atomic E-state index is 11.0. The van der Waals surface area contributed by atoms with Crippen molar-refractivity contribution in [2.45, 2.75) is 26.7 Å². The molecule has 3 heterocycles. The first-order chi connectivity index (χ1) is 16.3. The van der Waals surface area contributed by atoms with E-state index in [0.717, 1.165) is 11.1 Å². The number of rotatable bonds is 9. The molecule has 0 radical (unpaired) electrons. The van der Waals surface area contributed by atoms with Crippen molar-refractivity contribution in [3.8, 4) is 17.2 Å². The number of nitrogens with zero attached hydrogens (tertiary/aromatic N) is 3. The molecule has 0 aliphatic rings. The van der Waals surface area contributed by atoms with E-state index in [1.54, 1.807) is 30.6 Å². The molecule has 0 bridgehead atoms. The third kappa shape index (κ3) is 6.27. The van der Waals surface area contributed by atoms with Gasteiger partial charge in [0.2, 0.25) is 12.6 Å². The molecule has 0 spiro atoms. The fourth-order valence-corrected chi connectivity index (χ4v) is 3.59. The lowest BCUT2D eigenvalue weighted by Crippen LogP contribution is -2.38. The van der Waals surface area contributed by atoms with E-state index in [2.05, 4.69) is 20.7 Å². The second kappa shape index (κ2) is 10.1. The van der Waals surface area contributed by atoms with E-state index >= 15 is 0 Å². The highest BCUT2D eigenvalue weighted by molar-refractivity contribution is 7.46. The van der Waals surface area contributed by atoms with Crippen LogP contribution in [0.2, 0.25) is 0 Å². The summed E-state index contributed by atoms with van der Waals surface area (Å²) in [5, 5.41) is 4.10. The monoisotopic (exact) mass is 483 g/mol. The predicted octanol–water partition coefficient (Wildman–Crippen LogP) is 3.15. The molecule has 10 nitrogen and oxygen atoms in total. The Hall–Kier alpha value is -3.56. The number of aromatic nitrogens is 3. The molecular weight excluding hydrogens is 459 g/mol. The molecule has 4 rings (SSSR count). The lowest BCUT2D eigenvalue weighted by Gasteiger charge is -2.07. The molecule has 34 heavy (non-hydrogen) atoms. The number of nitrogens with two attached hydrogens (primary N) is 1. The number of anilines is 1. The van der Waals surface area contributed by atoms with Crippen LogP contribution in [-0.4, -0.2) is 19.9 Å². The third-order valence-electron chi connectivity index (χ3n) is 4.96. The van der Waals surface area contributed by atoms with Crippen molar-refractivity contribution in [1.29, 1.82) is 0 Å². The summed E-state index contributed by atoms with van der Waals surface area (Å²) in [4.78, 5) is 22.2. The van der Waals surface area contributed by atoms with Crippen LogP contribution in [0.5, 0.6) is 5.88 Å².